The number of carbonyl (C=O) groups excluding carboxylic acids is 1. The number of thioether (sulfide) groups is 1. The fourth-order valence-corrected chi connectivity index (χ4v) is 4.80. The summed E-state index contributed by atoms with van der Waals surface area (Å²) in [6.45, 7) is 5.34. The van der Waals surface area contributed by atoms with Gasteiger partial charge in [0.1, 0.15) is 0 Å². The van der Waals surface area contributed by atoms with Gasteiger partial charge in [-0.1, -0.05) is 55.1 Å². The molecule has 1 aromatic heterocycles. The van der Waals surface area contributed by atoms with Crippen LogP contribution in [0.5, 0.6) is 11.5 Å². The monoisotopic (exact) mass is 481 g/mol. The highest BCUT2D eigenvalue weighted by molar-refractivity contribution is 8.00. The number of hydrogen-bond donors (Lipinski definition) is 1. The Balaban J connectivity index is 1.47. The van der Waals surface area contributed by atoms with E-state index in [-0.39, 0.29) is 24.0 Å². The Labute approximate surface area is 204 Å². The quantitative estimate of drug-likeness (QED) is 0.440. The molecule has 2 heterocycles. The van der Waals surface area contributed by atoms with Crippen molar-refractivity contribution in [3.05, 3.63) is 65.5 Å². The topological polar surface area (TPSA) is 81.5 Å². The number of nitrogens with one attached hydrogen (secondary N) is 1. The predicted octanol–water partition coefficient (Wildman–Crippen LogP) is 3.86. The third-order valence-electron chi connectivity index (χ3n) is 5.79. The van der Waals surface area contributed by atoms with E-state index in [1.807, 2.05) is 43.3 Å². The Morgan fingerprint density at radius 3 is 2.62 bits per heavy atom. The van der Waals surface area contributed by atoms with E-state index in [1.54, 1.807) is 0 Å². The van der Waals surface area contributed by atoms with Gasteiger partial charge in [-0.05, 0) is 50.7 Å². The van der Waals surface area contributed by atoms with Crippen molar-refractivity contribution in [2.24, 2.45) is 0 Å². The molecule has 0 fully saturated rings. The number of carbonyl (C=O) groups is 1. The first-order valence-electron chi connectivity index (χ1n) is 11.4. The van der Waals surface area contributed by atoms with Gasteiger partial charge in [-0.2, -0.15) is 0 Å². The molecule has 2 atom stereocenters. The van der Waals surface area contributed by atoms with E-state index in [9.17, 15) is 4.79 Å². The summed E-state index contributed by atoms with van der Waals surface area (Å²) in [5.74, 6) is 2.29. The standard InChI is InChI=1S/C25H31N5O3S/c1-5-20(29(3)4)23-27-28-25(30(23)15-18-9-7-6-8-10-18)34-17(2)24(31)26-14-19-11-12-21-22(13-19)33-16-32-21/h6-13,17,20H,5,14-16H2,1-4H3,(H,26,31)/t17-,20+/m0/s1. The second-order valence-electron chi connectivity index (χ2n) is 8.47. The van der Waals surface area contributed by atoms with E-state index in [4.69, 9.17) is 9.47 Å². The highest BCUT2D eigenvalue weighted by Crippen LogP contribution is 2.32. The van der Waals surface area contributed by atoms with Crippen LogP contribution in [0.25, 0.3) is 0 Å². The molecule has 0 saturated carbocycles. The lowest BCUT2D eigenvalue weighted by Crippen LogP contribution is -2.30. The molecule has 0 radical (unpaired) electrons. The molecule has 2 aromatic carbocycles. The van der Waals surface area contributed by atoms with Crippen LogP contribution in [0, 0.1) is 0 Å². The minimum Gasteiger partial charge on any atom is -0.454 e. The minimum absolute atomic E-state index is 0.0573. The zero-order valence-corrected chi connectivity index (χ0v) is 20.8. The van der Waals surface area contributed by atoms with Crippen LogP contribution in [0.2, 0.25) is 0 Å². The molecule has 0 bridgehead atoms. The van der Waals surface area contributed by atoms with Crippen LogP contribution in [-0.2, 0) is 17.9 Å². The molecule has 1 N–H and O–H groups in total. The van der Waals surface area contributed by atoms with Crippen molar-refractivity contribution in [1.29, 1.82) is 0 Å². The smallest absolute Gasteiger partial charge is 0.233 e. The maximum Gasteiger partial charge on any atom is 0.233 e. The number of benzene rings is 2. The molecule has 0 unspecified atom stereocenters. The molecular weight excluding hydrogens is 450 g/mol. The van der Waals surface area contributed by atoms with Crippen molar-refractivity contribution in [2.45, 2.75) is 49.8 Å². The molecule has 3 aromatic rings. The van der Waals surface area contributed by atoms with Crippen LogP contribution in [0.4, 0.5) is 0 Å². The van der Waals surface area contributed by atoms with E-state index in [0.29, 0.717) is 18.8 Å². The van der Waals surface area contributed by atoms with Crippen LogP contribution in [0.1, 0.15) is 43.3 Å². The molecule has 180 valence electrons. The highest BCUT2D eigenvalue weighted by Gasteiger charge is 2.25. The van der Waals surface area contributed by atoms with Gasteiger partial charge in [0.2, 0.25) is 12.7 Å². The summed E-state index contributed by atoms with van der Waals surface area (Å²) in [4.78, 5) is 15.0. The van der Waals surface area contributed by atoms with Crippen molar-refractivity contribution in [2.75, 3.05) is 20.9 Å². The molecule has 0 aliphatic carbocycles. The Kier molecular flexibility index (Phi) is 7.74. The van der Waals surface area contributed by atoms with Gasteiger partial charge >= 0.3 is 0 Å². The van der Waals surface area contributed by atoms with E-state index < -0.39 is 0 Å². The van der Waals surface area contributed by atoms with Crippen molar-refractivity contribution in [1.82, 2.24) is 25.0 Å². The van der Waals surface area contributed by atoms with Crippen LogP contribution in [0.3, 0.4) is 0 Å². The van der Waals surface area contributed by atoms with Gasteiger partial charge in [0.15, 0.2) is 22.5 Å². The summed E-state index contributed by atoms with van der Waals surface area (Å²) in [6, 6.07) is 16.1. The average molecular weight is 482 g/mol. The van der Waals surface area contributed by atoms with Crippen molar-refractivity contribution in [3.8, 4) is 11.5 Å². The fourth-order valence-electron chi connectivity index (χ4n) is 3.92. The number of nitrogens with zero attached hydrogens (tertiary/aromatic N) is 4. The fraction of sp³-hybridized carbons (Fsp3) is 0.400. The summed E-state index contributed by atoms with van der Waals surface area (Å²) in [5, 5.41) is 12.4. The normalized spacial score (nSPS) is 14.3. The van der Waals surface area contributed by atoms with E-state index in [1.165, 1.54) is 17.3 Å². The molecule has 4 rings (SSSR count). The summed E-state index contributed by atoms with van der Waals surface area (Å²) >= 11 is 1.43. The van der Waals surface area contributed by atoms with E-state index >= 15 is 0 Å². The summed E-state index contributed by atoms with van der Waals surface area (Å²) in [5.41, 5.74) is 2.13. The van der Waals surface area contributed by atoms with Crippen molar-refractivity contribution in [3.63, 3.8) is 0 Å². The molecule has 1 aliphatic heterocycles. The van der Waals surface area contributed by atoms with Crippen LogP contribution < -0.4 is 14.8 Å². The lowest BCUT2D eigenvalue weighted by molar-refractivity contribution is -0.120. The zero-order valence-electron chi connectivity index (χ0n) is 20.0. The van der Waals surface area contributed by atoms with Gasteiger partial charge in [-0.15, -0.1) is 10.2 Å². The third-order valence-corrected chi connectivity index (χ3v) is 6.87. The maximum atomic E-state index is 12.9. The summed E-state index contributed by atoms with van der Waals surface area (Å²) in [7, 11) is 4.10. The molecule has 8 nitrogen and oxygen atoms in total. The number of hydrogen-bond acceptors (Lipinski definition) is 7. The molecular formula is C25H31N5O3S. The number of fused-ring (bicyclic) bond motifs is 1. The third kappa shape index (κ3) is 5.53. The van der Waals surface area contributed by atoms with Crippen molar-refractivity contribution >= 4 is 17.7 Å². The minimum atomic E-state index is -0.333. The Hall–Kier alpha value is -3.04. The second kappa shape index (κ2) is 10.9. The van der Waals surface area contributed by atoms with Gasteiger partial charge in [-0.3, -0.25) is 9.69 Å². The van der Waals surface area contributed by atoms with Crippen LogP contribution in [0.15, 0.2) is 53.7 Å². The number of amides is 1. The summed E-state index contributed by atoms with van der Waals surface area (Å²) in [6.07, 6.45) is 0.913. The Morgan fingerprint density at radius 2 is 1.88 bits per heavy atom. The molecule has 0 spiro atoms. The Morgan fingerprint density at radius 1 is 1.12 bits per heavy atom. The van der Waals surface area contributed by atoms with Gasteiger partial charge in [0.05, 0.1) is 17.8 Å². The molecule has 9 heteroatoms. The maximum absolute atomic E-state index is 12.9. The molecule has 34 heavy (non-hydrogen) atoms. The first-order chi connectivity index (χ1) is 16.5. The first-order valence-corrected chi connectivity index (χ1v) is 12.3. The Bertz CT molecular complexity index is 1120. The second-order valence-corrected chi connectivity index (χ2v) is 9.77. The largest absolute Gasteiger partial charge is 0.454 e. The number of aromatic nitrogens is 3. The summed E-state index contributed by atoms with van der Waals surface area (Å²) < 4.78 is 12.9. The highest BCUT2D eigenvalue weighted by atomic mass is 32.2. The van der Waals surface area contributed by atoms with Crippen LogP contribution >= 0.6 is 11.8 Å². The molecule has 0 saturated heterocycles. The van der Waals surface area contributed by atoms with Gasteiger partial charge in [-0.25, -0.2) is 0 Å². The first kappa shape index (κ1) is 24.1. The average Bonchev–Trinajstić information content (AvgIpc) is 3.45. The van der Waals surface area contributed by atoms with Gasteiger partial charge < -0.3 is 19.4 Å². The zero-order chi connectivity index (χ0) is 24.1. The van der Waals surface area contributed by atoms with E-state index in [2.05, 4.69) is 58.1 Å². The van der Waals surface area contributed by atoms with Gasteiger partial charge in [0.25, 0.3) is 0 Å². The SMILES string of the molecule is CC[C@H](c1nnc(S[C@@H](C)C(=O)NCc2ccc3c(c2)OCO3)n1Cc1ccccc1)N(C)C. The van der Waals surface area contributed by atoms with E-state index in [0.717, 1.165) is 28.7 Å². The van der Waals surface area contributed by atoms with Crippen LogP contribution in [-0.4, -0.2) is 51.7 Å². The lowest BCUT2D eigenvalue weighted by atomic mass is 10.2. The lowest BCUT2D eigenvalue weighted by Gasteiger charge is -2.23. The molecule has 1 amide bonds. The number of ether oxygens (including phenoxy) is 2. The number of rotatable bonds is 10. The predicted molar refractivity (Wildman–Crippen MR) is 132 cm³/mol. The van der Waals surface area contributed by atoms with Crippen molar-refractivity contribution < 1.29 is 14.3 Å². The van der Waals surface area contributed by atoms with Gasteiger partial charge in [0, 0.05) is 6.54 Å². The molecule has 1 aliphatic rings.